The second kappa shape index (κ2) is 8.33. The fourth-order valence-corrected chi connectivity index (χ4v) is 4.60. The Morgan fingerprint density at radius 3 is 1.97 bits per heavy atom. The molecule has 1 aliphatic carbocycles. The van der Waals surface area contributed by atoms with Gasteiger partial charge in [-0.15, -0.1) is 0 Å². The molecular formula is C19H23F3N2O4S. The number of sulfone groups is 1. The third kappa shape index (κ3) is 4.73. The van der Waals surface area contributed by atoms with Gasteiger partial charge in [-0.05, 0) is 43.0 Å². The highest BCUT2D eigenvalue weighted by molar-refractivity contribution is 7.92. The molecule has 0 bridgehead atoms. The van der Waals surface area contributed by atoms with Crippen LogP contribution in [-0.2, 0) is 14.6 Å². The number of rotatable bonds is 4. The molecule has 1 aromatic rings. The highest BCUT2D eigenvalue weighted by Crippen LogP contribution is 2.30. The lowest BCUT2D eigenvalue weighted by molar-refractivity contribution is -0.133. The first kappa shape index (κ1) is 21.6. The molecular weight excluding hydrogens is 409 g/mol. The number of halogens is 3. The van der Waals surface area contributed by atoms with Gasteiger partial charge in [0, 0.05) is 38.2 Å². The first-order valence-corrected chi connectivity index (χ1v) is 11.1. The number of amides is 2. The van der Waals surface area contributed by atoms with E-state index in [0.29, 0.717) is 38.5 Å². The van der Waals surface area contributed by atoms with Gasteiger partial charge in [-0.3, -0.25) is 9.59 Å². The summed E-state index contributed by atoms with van der Waals surface area (Å²) in [5, 5.41) is 0. The summed E-state index contributed by atoms with van der Waals surface area (Å²) in [6.45, 7) is 1.49. The average Bonchev–Trinajstić information content (AvgIpc) is 3.20. The SMILES string of the molecule is O=C(CC1CCCC1)N1CCN(C(=O)c2ccc(S(=O)(=O)C(F)(F)F)cc2)CC1. The first-order chi connectivity index (χ1) is 13.6. The van der Waals surface area contributed by atoms with Gasteiger partial charge >= 0.3 is 5.51 Å². The maximum absolute atomic E-state index is 12.6. The Kier molecular flexibility index (Phi) is 6.21. The van der Waals surface area contributed by atoms with Crippen molar-refractivity contribution in [1.29, 1.82) is 0 Å². The average molecular weight is 432 g/mol. The Hall–Kier alpha value is -2.10. The Morgan fingerprint density at radius 1 is 0.931 bits per heavy atom. The molecule has 1 aromatic carbocycles. The van der Waals surface area contributed by atoms with E-state index in [9.17, 15) is 31.2 Å². The van der Waals surface area contributed by atoms with Crippen molar-refractivity contribution in [3.63, 3.8) is 0 Å². The van der Waals surface area contributed by atoms with Crippen molar-refractivity contribution in [1.82, 2.24) is 9.80 Å². The predicted octanol–water partition coefficient (Wildman–Crippen LogP) is 2.84. The number of carbonyl (C=O) groups is 2. The maximum atomic E-state index is 12.6. The van der Waals surface area contributed by atoms with Crippen LogP contribution in [0.3, 0.4) is 0 Å². The zero-order valence-electron chi connectivity index (χ0n) is 15.8. The van der Waals surface area contributed by atoms with Crippen LogP contribution >= 0.6 is 0 Å². The van der Waals surface area contributed by atoms with Gasteiger partial charge in [0.25, 0.3) is 15.7 Å². The lowest BCUT2D eigenvalue weighted by atomic mass is 10.0. The summed E-state index contributed by atoms with van der Waals surface area (Å²) in [5.41, 5.74) is -5.28. The minimum absolute atomic E-state index is 0.103. The van der Waals surface area contributed by atoms with Crippen LogP contribution in [0.15, 0.2) is 29.2 Å². The van der Waals surface area contributed by atoms with Crippen molar-refractivity contribution in [2.45, 2.75) is 42.5 Å². The lowest BCUT2D eigenvalue weighted by Crippen LogP contribution is -2.50. The molecule has 0 radical (unpaired) electrons. The maximum Gasteiger partial charge on any atom is 0.501 e. The van der Waals surface area contributed by atoms with Crippen LogP contribution in [-0.4, -0.2) is 61.7 Å². The molecule has 0 atom stereocenters. The van der Waals surface area contributed by atoms with Gasteiger partial charge in [0.1, 0.15) is 0 Å². The highest BCUT2D eigenvalue weighted by Gasteiger charge is 2.46. The molecule has 0 spiro atoms. The van der Waals surface area contributed by atoms with Crippen LogP contribution in [0.1, 0.15) is 42.5 Å². The molecule has 10 heteroatoms. The number of nitrogens with zero attached hydrogens (tertiary/aromatic N) is 2. The number of hydrogen-bond acceptors (Lipinski definition) is 4. The van der Waals surface area contributed by atoms with E-state index in [1.807, 2.05) is 0 Å². The lowest BCUT2D eigenvalue weighted by Gasteiger charge is -2.35. The van der Waals surface area contributed by atoms with Crippen LogP contribution in [0.2, 0.25) is 0 Å². The summed E-state index contributed by atoms with van der Waals surface area (Å²) in [6.07, 6.45) is 5.06. The molecule has 6 nitrogen and oxygen atoms in total. The third-order valence-corrected chi connectivity index (χ3v) is 7.08. The third-order valence-electron chi connectivity index (χ3n) is 5.57. The van der Waals surface area contributed by atoms with Crippen molar-refractivity contribution in [2.75, 3.05) is 26.2 Å². The highest BCUT2D eigenvalue weighted by atomic mass is 32.2. The number of hydrogen-bond donors (Lipinski definition) is 0. The molecule has 1 heterocycles. The number of benzene rings is 1. The second-order valence-electron chi connectivity index (χ2n) is 7.50. The van der Waals surface area contributed by atoms with E-state index in [4.69, 9.17) is 0 Å². The van der Waals surface area contributed by atoms with Crippen molar-refractivity contribution < 1.29 is 31.2 Å². The van der Waals surface area contributed by atoms with E-state index in [1.165, 1.54) is 17.7 Å². The minimum Gasteiger partial charge on any atom is -0.339 e. The Morgan fingerprint density at radius 2 is 1.45 bits per heavy atom. The molecule has 1 aliphatic heterocycles. The molecule has 0 N–H and O–H groups in total. The molecule has 1 saturated carbocycles. The summed E-state index contributed by atoms with van der Waals surface area (Å²) in [7, 11) is -5.44. The first-order valence-electron chi connectivity index (χ1n) is 9.58. The molecule has 3 rings (SSSR count). The van der Waals surface area contributed by atoms with Crippen molar-refractivity contribution in [2.24, 2.45) is 5.92 Å². The van der Waals surface area contributed by atoms with E-state index in [1.54, 1.807) is 4.90 Å². The standard InChI is InChI=1S/C19H23F3N2O4S/c20-19(21,22)29(27,28)16-7-5-15(6-8-16)18(26)24-11-9-23(10-12-24)17(25)13-14-3-1-2-4-14/h5-8,14H,1-4,9-13H2. The normalized spacial score (nSPS) is 18.9. The van der Waals surface area contributed by atoms with Gasteiger partial charge in [0.15, 0.2) is 0 Å². The van der Waals surface area contributed by atoms with Gasteiger partial charge in [-0.1, -0.05) is 12.8 Å². The molecule has 29 heavy (non-hydrogen) atoms. The van der Waals surface area contributed by atoms with Gasteiger partial charge in [-0.25, -0.2) is 8.42 Å². The van der Waals surface area contributed by atoms with Crippen molar-refractivity contribution in [3.05, 3.63) is 29.8 Å². The molecule has 1 saturated heterocycles. The van der Waals surface area contributed by atoms with Crippen LogP contribution in [0.25, 0.3) is 0 Å². The van der Waals surface area contributed by atoms with Gasteiger partial charge in [-0.2, -0.15) is 13.2 Å². The summed E-state index contributed by atoms with van der Waals surface area (Å²) < 4.78 is 60.6. The number of alkyl halides is 3. The largest absolute Gasteiger partial charge is 0.501 e. The van der Waals surface area contributed by atoms with Crippen LogP contribution < -0.4 is 0 Å². The van der Waals surface area contributed by atoms with Crippen LogP contribution in [0.5, 0.6) is 0 Å². The van der Waals surface area contributed by atoms with E-state index >= 15 is 0 Å². The fraction of sp³-hybridized carbons (Fsp3) is 0.579. The Balaban J connectivity index is 1.57. The van der Waals surface area contributed by atoms with Gasteiger partial charge < -0.3 is 9.80 Å². The quantitative estimate of drug-likeness (QED) is 0.733. The number of piperazine rings is 1. The van der Waals surface area contributed by atoms with Crippen LogP contribution in [0.4, 0.5) is 13.2 Å². The van der Waals surface area contributed by atoms with Gasteiger partial charge in [0.05, 0.1) is 4.90 Å². The topological polar surface area (TPSA) is 74.8 Å². The Bertz CT molecular complexity index is 854. The molecule has 0 aromatic heterocycles. The smallest absolute Gasteiger partial charge is 0.339 e. The Labute approximate surface area is 167 Å². The van der Waals surface area contributed by atoms with Crippen LogP contribution in [0, 0.1) is 5.92 Å². The second-order valence-corrected chi connectivity index (χ2v) is 9.44. The predicted molar refractivity (Wildman–Crippen MR) is 98.7 cm³/mol. The fourth-order valence-electron chi connectivity index (χ4n) is 3.84. The monoisotopic (exact) mass is 432 g/mol. The molecule has 2 amide bonds. The van der Waals surface area contributed by atoms with E-state index < -0.39 is 26.1 Å². The van der Waals surface area contributed by atoms with E-state index in [2.05, 4.69) is 0 Å². The summed E-state index contributed by atoms with van der Waals surface area (Å²) in [4.78, 5) is 27.3. The molecule has 160 valence electrons. The van der Waals surface area contributed by atoms with Crippen molar-refractivity contribution >= 4 is 21.7 Å². The number of carbonyl (C=O) groups excluding carboxylic acids is 2. The molecule has 0 unspecified atom stereocenters. The van der Waals surface area contributed by atoms with E-state index in [0.717, 1.165) is 37.1 Å². The van der Waals surface area contributed by atoms with Crippen molar-refractivity contribution in [3.8, 4) is 0 Å². The summed E-state index contributed by atoms with van der Waals surface area (Å²) in [5.74, 6) is 0.156. The summed E-state index contributed by atoms with van der Waals surface area (Å²) >= 11 is 0. The van der Waals surface area contributed by atoms with Gasteiger partial charge in [0.2, 0.25) is 5.91 Å². The zero-order valence-corrected chi connectivity index (χ0v) is 16.6. The molecule has 2 fully saturated rings. The van der Waals surface area contributed by atoms with E-state index in [-0.39, 0.29) is 11.5 Å². The zero-order chi connectivity index (χ0) is 21.2. The molecule has 2 aliphatic rings. The minimum atomic E-state index is -5.44. The summed E-state index contributed by atoms with van der Waals surface area (Å²) in [6, 6.07) is 3.74.